The molecule has 4 heterocycles. The minimum absolute atomic E-state index is 0.0497. The Morgan fingerprint density at radius 1 is 1.08 bits per heavy atom. The molecule has 2 aromatic rings. The highest BCUT2D eigenvalue weighted by molar-refractivity contribution is 5.92. The number of ether oxygens (including phenoxy) is 4. The van der Waals surface area contributed by atoms with Crippen LogP contribution in [0.2, 0.25) is 0 Å². The van der Waals surface area contributed by atoms with E-state index in [-0.39, 0.29) is 47.7 Å². The highest BCUT2D eigenvalue weighted by Gasteiger charge is 2.50. The monoisotopic (exact) mass is 688 g/mol. The molecule has 1 N–H and O–H groups in total. The van der Waals surface area contributed by atoms with Crippen LogP contribution >= 0.6 is 0 Å². The third-order valence-electron chi connectivity index (χ3n) is 9.84. The lowest BCUT2D eigenvalue weighted by Crippen LogP contribution is -2.57. The molecule has 5 atom stereocenters. The smallest absolute Gasteiger partial charge is 0.471 e. The molecule has 13 heteroatoms. The average Bonchev–Trinajstić information content (AvgIpc) is 3.56. The Kier molecular flexibility index (Phi) is 11.2. The van der Waals surface area contributed by atoms with Gasteiger partial charge in [0, 0.05) is 5.92 Å². The van der Waals surface area contributed by atoms with Gasteiger partial charge in [0.05, 0.1) is 24.7 Å². The number of aromatic nitrogens is 2. The van der Waals surface area contributed by atoms with Crippen molar-refractivity contribution in [2.24, 2.45) is 17.3 Å². The van der Waals surface area contributed by atoms with Crippen molar-refractivity contribution in [1.29, 1.82) is 0 Å². The number of halogens is 2. The molecule has 3 aliphatic rings. The second kappa shape index (κ2) is 15.0. The van der Waals surface area contributed by atoms with E-state index in [1.54, 1.807) is 6.07 Å². The number of ketones is 1. The van der Waals surface area contributed by atoms with E-state index in [0.717, 1.165) is 51.4 Å². The van der Waals surface area contributed by atoms with Crippen LogP contribution in [0.25, 0.3) is 11.0 Å². The van der Waals surface area contributed by atoms with E-state index in [0.29, 0.717) is 24.1 Å². The number of alkyl halides is 2. The number of carbonyl (C=O) groups excluding carboxylic acids is 3. The van der Waals surface area contributed by atoms with E-state index in [1.165, 1.54) is 17.9 Å². The Balaban J connectivity index is 1.54. The first-order chi connectivity index (χ1) is 23.2. The van der Waals surface area contributed by atoms with Crippen LogP contribution in [0.5, 0.6) is 17.4 Å². The van der Waals surface area contributed by atoms with Gasteiger partial charge in [-0.2, -0.15) is 0 Å². The Morgan fingerprint density at radius 2 is 1.86 bits per heavy atom. The van der Waals surface area contributed by atoms with Gasteiger partial charge in [-0.25, -0.2) is 14.8 Å². The minimum atomic E-state index is -3.84. The second-order valence-electron chi connectivity index (χ2n) is 14.7. The van der Waals surface area contributed by atoms with Crippen molar-refractivity contribution in [3.8, 4) is 17.4 Å². The molecule has 2 amide bonds. The average molecular weight is 689 g/mol. The van der Waals surface area contributed by atoms with Gasteiger partial charge in [-0.05, 0) is 62.5 Å². The molecule has 1 saturated heterocycles. The van der Waals surface area contributed by atoms with Crippen LogP contribution in [0.4, 0.5) is 13.6 Å². The molecule has 1 unspecified atom stereocenters. The van der Waals surface area contributed by atoms with Gasteiger partial charge < -0.3 is 29.2 Å². The van der Waals surface area contributed by atoms with E-state index in [4.69, 9.17) is 24.2 Å². The number of nitrogens with one attached hydrogen (secondary N) is 1. The fraction of sp³-hybridized carbons (Fsp3) is 0.694. The standard InChI is InChI=1S/C36H50F2N4O7/c1-7-9-11-14-22-15-12-10-13-16-25-32(40-28-24(39-25)17-18-26-30(28)49-36(37,38)48-26)47-27-19-42(29(21(3)43)23(27)8-2)33(44)31(35(4,5)6)41-34(45)46-20-22/h17-18,22-23,27,29,31H,7-16,19-20H2,1-6H3,(H,41,45)/t22-,23?,27-,29+,31+/m0/s1. The molecule has 0 aliphatic carbocycles. The lowest BCUT2D eigenvalue weighted by Gasteiger charge is -2.35. The molecule has 0 spiro atoms. The molecular formula is C36H50F2N4O7. The summed E-state index contributed by atoms with van der Waals surface area (Å²) in [6.07, 6.45) is 3.42. The summed E-state index contributed by atoms with van der Waals surface area (Å²) in [6, 6.07) is 1.16. The quantitative estimate of drug-likeness (QED) is 0.320. The Hall–Kier alpha value is -3.77. The van der Waals surface area contributed by atoms with Crippen molar-refractivity contribution >= 4 is 28.8 Å². The van der Waals surface area contributed by atoms with Crippen LogP contribution in [0.1, 0.15) is 105 Å². The normalized spacial score (nSPS) is 26.3. The molecule has 0 saturated carbocycles. The van der Waals surface area contributed by atoms with E-state index in [2.05, 4.69) is 17.0 Å². The van der Waals surface area contributed by atoms with Crippen molar-refractivity contribution in [3.05, 3.63) is 17.8 Å². The molecule has 1 aromatic carbocycles. The molecule has 1 aromatic heterocycles. The van der Waals surface area contributed by atoms with Gasteiger partial charge in [0.1, 0.15) is 23.4 Å². The molecule has 270 valence electrons. The number of cyclic esters (lactones) is 1. The van der Waals surface area contributed by atoms with Gasteiger partial charge >= 0.3 is 12.4 Å². The number of amides is 2. The number of rotatable bonds is 6. The number of unbranched alkanes of at least 4 members (excludes halogenated alkanes) is 2. The van der Waals surface area contributed by atoms with Crippen LogP contribution in [-0.2, 0) is 20.7 Å². The highest BCUT2D eigenvalue weighted by atomic mass is 19.3. The summed E-state index contributed by atoms with van der Waals surface area (Å²) in [5.74, 6) is -1.09. The lowest BCUT2D eigenvalue weighted by molar-refractivity contribution is -0.286. The molecule has 5 rings (SSSR count). The van der Waals surface area contributed by atoms with Gasteiger partial charge in [0.25, 0.3) is 0 Å². The predicted octanol–water partition coefficient (Wildman–Crippen LogP) is 6.98. The zero-order chi connectivity index (χ0) is 35.5. The van der Waals surface area contributed by atoms with Crippen molar-refractivity contribution < 1.29 is 42.1 Å². The maximum absolute atomic E-state index is 14.3. The largest absolute Gasteiger partial charge is 0.586 e. The van der Waals surface area contributed by atoms with Gasteiger partial charge in [-0.1, -0.05) is 66.7 Å². The summed E-state index contributed by atoms with van der Waals surface area (Å²) in [6.45, 7) is 11.4. The zero-order valence-electron chi connectivity index (χ0n) is 29.5. The SMILES string of the molecule is CCCCC[C@H]1CCCCCc2nc3ccc4c(c3nc2O[C@H]2CN(C(=O)[C@H](C(C)(C)C)NC(=O)OC1)[C@H](C(C)=O)C2CC)OC(F)(F)O4. The summed E-state index contributed by atoms with van der Waals surface area (Å²) in [5, 5.41) is 2.83. The van der Waals surface area contributed by atoms with E-state index < -0.39 is 47.8 Å². The number of hydrogen-bond acceptors (Lipinski definition) is 9. The predicted molar refractivity (Wildman–Crippen MR) is 178 cm³/mol. The van der Waals surface area contributed by atoms with Crippen LogP contribution in [0.15, 0.2) is 12.1 Å². The number of nitrogens with zero attached hydrogens (tertiary/aromatic N) is 3. The fourth-order valence-electron chi connectivity index (χ4n) is 7.25. The molecule has 49 heavy (non-hydrogen) atoms. The molecule has 0 radical (unpaired) electrons. The Bertz CT molecular complexity index is 1530. The Labute approximate surface area is 286 Å². The zero-order valence-corrected chi connectivity index (χ0v) is 29.5. The lowest BCUT2D eigenvalue weighted by atomic mass is 9.85. The van der Waals surface area contributed by atoms with E-state index >= 15 is 0 Å². The number of aryl methyl sites for hydroxylation is 1. The van der Waals surface area contributed by atoms with Gasteiger partial charge in [-0.15, -0.1) is 8.78 Å². The van der Waals surface area contributed by atoms with Gasteiger partial charge in [-0.3, -0.25) is 9.59 Å². The van der Waals surface area contributed by atoms with Gasteiger partial charge in [0.2, 0.25) is 17.5 Å². The number of carbonyl (C=O) groups is 3. The first kappa shape index (κ1) is 36.5. The summed E-state index contributed by atoms with van der Waals surface area (Å²) in [5.41, 5.74) is 0.281. The fourth-order valence-corrected chi connectivity index (χ4v) is 7.25. The second-order valence-corrected chi connectivity index (χ2v) is 14.7. The maximum atomic E-state index is 14.3. The summed E-state index contributed by atoms with van der Waals surface area (Å²) >= 11 is 0. The summed E-state index contributed by atoms with van der Waals surface area (Å²) in [4.78, 5) is 51.7. The Morgan fingerprint density at radius 3 is 2.55 bits per heavy atom. The summed E-state index contributed by atoms with van der Waals surface area (Å²) in [7, 11) is 0. The highest BCUT2D eigenvalue weighted by Crippen LogP contribution is 2.45. The number of fused-ring (bicyclic) bond motifs is 6. The molecular weight excluding hydrogens is 638 g/mol. The van der Waals surface area contributed by atoms with Crippen molar-refractivity contribution in [3.63, 3.8) is 0 Å². The first-order valence-corrected chi connectivity index (χ1v) is 17.7. The van der Waals surface area contributed by atoms with Crippen molar-refractivity contribution in [2.75, 3.05) is 13.2 Å². The van der Waals surface area contributed by atoms with E-state index in [9.17, 15) is 23.2 Å². The number of benzene rings is 1. The van der Waals surface area contributed by atoms with Crippen LogP contribution in [0, 0.1) is 17.3 Å². The van der Waals surface area contributed by atoms with E-state index in [1.807, 2.05) is 27.7 Å². The molecule has 11 nitrogen and oxygen atoms in total. The molecule has 2 bridgehead atoms. The maximum Gasteiger partial charge on any atom is 0.586 e. The number of Topliss-reactive ketones (excluding diaryl/α,β-unsaturated/α-hetero) is 1. The minimum Gasteiger partial charge on any atom is -0.471 e. The third kappa shape index (κ3) is 8.34. The number of hydrogen-bond donors (Lipinski definition) is 1. The molecule has 1 fully saturated rings. The first-order valence-electron chi connectivity index (χ1n) is 17.7. The van der Waals surface area contributed by atoms with Crippen LogP contribution in [-0.4, -0.2) is 70.3 Å². The number of alkyl carbamates (subject to hydrolysis) is 1. The van der Waals surface area contributed by atoms with Crippen LogP contribution < -0.4 is 19.5 Å². The molecule has 3 aliphatic heterocycles. The van der Waals surface area contributed by atoms with Crippen LogP contribution in [0.3, 0.4) is 0 Å². The van der Waals surface area contributed by atoms with Crippen molar-refractivity contribution in [1.82, 2.24) is 20.2 Å². The van der Waals surface area contributed by atoms with Crippen molar-refractivity contribution in [2.45, 2.75) is 130 Å². The summed E-state index contributed by atoms with van der Waals surface area (Å²) < 4.78 is 50.0. The van der Waals surface area contributed by atoms with Gasteiger partial charge in [0.15, 0.2) is 11.5 Å². The topological polar surface area (TPSA) is 129 Å². The third-order valence-corrected chi connectivity index (χ3v) is 9.84.